The molecule has 12 nitrogen and oxygen atoms in total. The minimum atomic E-state index is -0.858. The van der Waals surface area contributed by atoms with E-state index in [1.807, 2.05) is 48.1 Å². The van der Waals surface area contributed by atoms with Gasteiger partial charge < -0.3 is 30.1 Å². The van der Waals surface area contributed by atoms with E-state index in [9.17, 15) is 18.8 Å². The fourth-order valence-corrected chi connectivity index (χ4v) is 5.13. The Bertz CT molecular complexity index is 2280. The van der Waals surface area contributed by atoms with Crippen LogP contribution in [0.2, 0.25) is 0 Å². The van der Waals surface area contributed by atoms with Crippen LogP contribution in [0.5, 0.6) is 11.5 Å². The van der Waals surface area contributed by atoms with E-state index in [0.29, 0.717) is 22.9 Å². The van der Waals surface area contributed by atoms with Gasteiger partial charge in [0.1, 0.15) is 18.0 Å². The lowest BCUT2D eigenvalue weighted by molar-refractivity contribution is 0.102. The summed E-state index contributed by atoms with van der Waals surface area (Å²) in [6.45, 7) is 2.06. The number of carbonyl (C=O) groups is 1. The highest BCUT2D eigenvalue weighted by Gasteiger charge is 2.21. The van der Waals surface area contributed by atoms with Crippen LogP contribution >= 0.6 is 0 Å². The zero-order valence-corrected chi connectivity index (χ0v) is 27.1. The van der Waals surface area contributed by atoms with Gasteiger partial charge in [0, 0.05) is 55.7 Å². The molecule has 0 bridgehead atoms. The van der Waals surface area contributed by atoms with Crippen molar-refractivity contribution in [2.24, 2.45) is 7.05 Å². The molecule has 3 N–H and O–H groups in total. The number of hydrogen-bond acceptors (Lipinski definition) is 8. The number of halogens is 1. The highest BCUT2D eigenvalue weighted by atomic mass is 19.1. The molecule has 6 rings (SSSR count). The number of nitrogens with one attached hydrogen (secondary N) is 3. The lowest BCUT2D eigenvalue weighted by atomic mass is 10.1. The number of carbonyl (C=O) groups excluding carboxylic acids is 1. The third-order valence-electron chi connectivity index (χ3n) is 7.67. The number of imidazole rings is 1. The van der Waals surface area contributed by atoms with Crippen LogP contribution in [0.15, 0.2) is 131 Å². The minimum Gasteiger partial charge on any atom is -0.485 e. The molecule has 3 aromatic carbocycles. The smallest absolute Gasteiger partial charge is 0.335 e. The van der Waals surface area contributed by atoms with Gasteiger partial charge in [-0.1, -0.05) is 30.3 Å². The summed E-state index contributed by atoms with van der Waals surface area (Å²) >= 11 is 0. The molecule has 50 heavy (non-hydrogen) atoms. The highest BCUT2D eigenvalue weighted by Crippen LogP contribution is 2.35. The topological polar surface area (TPSA) is 145 Å². The van der Waals surface area contributed by atoms with E-state index in [1.54, 1.807) is 49.8 Å². The molecule has 0 unspecified atom stereocenters. The van der Waals surface area contributed by atoms with Gasteiger partial charge in [0.2, 0.25) is 0 Å². The molecule has 0 radical (unpaired) electrons. The molecule has 5 aromatic rings. The third kappa shape index (κ3) is 7.21. The lowest BCUT2D eigenvalue weighted by Gasteiger charge is -2.20. The molecular formula is C37H32FN7O5. The van der Waals surface area contributed by atoms with Crippen LogP contribution in [0.25, 0.3) is 11.3 Å². The Morgan fingerprint density at radius 3 is 2.52 bits per heavy atom. The third-order valence-corrected chi connectivity index (χ3v) is 7.67. The van der Waals surface area contributed by atoms with Crippen molar-refractivity contribution in [1.29, 1.82) is 5.41 Å². The summed E-state index contributed by atoms with van der Waals surface area (Å²) in [6, 6.07) is 19.1. The second kappa shape index (κ2) is 14.6. The van der Waals surface area contributed by atoms with E-state index in [0.717, 1.165) is 34.1 Å². The van der Waals surface area contributed by atoms with Gasteiger partial charge in [0.15, 0.2) is 17.3 Å². The number of benzene rings is 3. The SMILES string of the molecule is CCn1cc(C(=O)Nc2ccc(OC3=CC(c4cn(C)cn4)=CN/C3=C\C=N)c(OCc3ccccc3)c2)c(=O)n(-c2ccc(F)cc2)c1=O. The molecule has 0 aliphatic carbocycles. The Morgan fingerprint density at radius 1 is 1.04 bits per heavy atom. The Balaban J connectivity index is 1.34. The largest absolute Gasteiger partial charge is 0.485 e. The van der Waals surface area contributed by atoms with Crippen molar-refractivity contribution < 1.29 is 18.7 Å². The number of nitrogens with zero attached hydrogens (tertiary/aromatic N) is 4. The fraction of sp³-hybridized carbons (Fsp3) is 0.108. The van der Waals surface area contributed by atoms with Gasteiger partial charge in [-0.3, -0.25) is 14.2 Å². The summed E-state index contributed by atoms with van der Waals surface area (Å²) in [5.41, 5.74) is 1.46. The average molecular weight is 674 g/mol. The van der Waals surface area contributed by atoms with Gasteiger partial charge in [0.25, 0.3) is 11.5 Å². The van der Waals surface area contributed by atoms with Gasteiger partial charge in [-0.15, -0.1) is 0 Å². The van der Waals surface area contributed by atoms with Crippen molar-refractivity contribution in [3.8, 4) is 17.2 Å². The predicted molar refractivity (Wildman–Crippen MR) is 187 cm³/mol. The van der Waals surface area contributed by atoms with Gasteiger partial charge in [-0.05, 0) is 61.0 Å². The van der Waals surface area contributed by atoms with Crippen LogP contribution in [0.3, 0.4) is 0 Å². The summed E-state index contributed by atoms with van der Waals surface area (Å²) in [5, 5.41) is 13.5. The molecule has 0 saturated carbocycles. The van der Waals surface area contributed by atoms with Crippen LogP contribution in [-0.4, -0.2) is 30.8 Å². The average Bonchev–Trinajstić information content (AvgIpc) is 3.56. The van der Waals surface area contributed by atoms with E-state index >= 15 is 0 Å². The van der Waals surface area contributed by atoms with Gasteiger partial charge in [0.05, 0.1) is 23.4 Å². The summed E-state index contributed by atoms with van der Waals surface area (Å²) in [4.78, 5) is 44.6. The maximum Gasteiger partial charge on any atom is 0.335 e. The quantitative estimate of drug-likeness (QED) is 0.164. The molecule has 252 valence electrons. The van der Waals surface area contributed by atoms with Crippen molar-refractivity contribution >= 4 is 23.4 Å². The second-order valence-electron chi connectivity index (χ2n) is 11.1. The summed E-state index contributed by atoms with van der Waals surface area (Å²) in [7, 11) is 1.87. The lowest BCUT2D eigenvalue weighted by Crippen LogP contribution is -2.42. The van der Waals surface area contributed by atoms with E-state index in [2.05, 4.69) is 15.6 Å². The van der Waals surface area contributed by atoms with Gasteiger partial charge in [-0.25, -0.2) is 18.7 Å². The Labute approximate surface area is 285 Å². The summed E-state index contributed by atoms with van der Waals surface area (Å²) < 4.78 is 30.1. The fourth-order valence-electron chi connectivity index (χ4n) is 5.13. The van der Waals surface area contributed by atoms with Crippen molar-refractivity contribution in [1.82, 2.24) is 24.0 Å². The Morgan fingerprint density at radius 2 is 1.82 bits per heavy atom. The highest BCUT2D eigenvalue weighted by molar-refractivity contribution is 6.04. The number of anilines is 1. The normalized spacial score (nSPS) is 13.2. The molecular weight excluding hydrogens is 641 g/mol. The minimum absolute atomic E-state index is 0.125. The van der Waals surface area contributed by atoms with Crippen molar-refractivity contribution in [3.05, 3.63) is 165 Å². The van der Waals surface area contributed by atoms with Crippen molar-refractivity contribution in [2.75, 3.05) is 5.32 Å². The maximum absolute atomic E-state index is 13.6. The molecule has 3 heterocycles. The first-order valence-corrected chi connectivity index (χ1v) is 15.5. The van der Waals surface area contributed by atoms with Crippen LogP contribution < -0.4 is 31.4 Å². The van der Waals surface area contributed by atoms with Crippen LogP contribution in [0.1, 0.15) is 28.5 Å². The predicted octanol–water partition coefficient (Wildman–Crippen LogP) is 5.16. The molecule has 1 aliphatic heterocycles. The van der Waals surface area contributed by atoms with Gasteiger partial charge in [-0.2, -0.15) is 0 Å². The van der Waals surface area contributed by atoms with Crippen molar-refractivity contribution in [3.63, 3.8) is 0 Å². The molecule has 0 saturated heterocycles. The Kier molecular flexibility index (Phi) is 9.65. The standard InChI is InChI=1S/C37H32FN7O5/c1-3-44-20-29(36(47)45(37(44)48)28-12-9-26(38)10-13-28)35(46)42-27-11-14-32(34(18-27)49-22-24-7-5-4-6-8-24)50-33-17-25(19-40-30(33)15-16-39)31-21-43(2)23-41-31/h4-21,23,39-40H,3,22H2,1-2H3,(H,42,46)/b30-15-,39-16?. The maximum atomic E-state index is 13.6. The summed E-state index contributed by atoms with van der Waals surface area (Å²) in [5.74, 6) is -0.328. The molecule has 2 aromatic heterocycles. The molecule has 1 amide bonds. The molecule has 0 spiro atoms. The first-order chi connectivity index (χ1) is 24.2. The second-order valence-corrected chi connectivity index (χ2v) is 11.1. The van der Waals surface area contributed by atoms with Crippen LogP contribution in [-0.2, 0) is 20.2 Å². The van der Waals surface area contributed by atoms with E-state index in [1.165, 1.54) is 22.9 Å². The van der Waals surface area contributed by atoms with Crippen molar-refractivity contribution in [2.45, 2.75) is 20.1 Å². The van der Waals surface area contributed by atoms with E-state index in [4.69, 9.17) is 14.9 Å². The first kappa shape index (κ1) is 33.2. The summed E-state index contributed by atoms with van der Waals surface area (Å²) in [6.07, 6.45) is 11.0. The molecule has 0 atom stereocenters. The van der Waals surface area contributed by atoms with Crippen LogP contribution in [0, 0.1) is 11.2 Å². The zero-order valence-electron chi connectivity index (χ0n) is 27.1. The molecule has 0 fully saturated rings. The van der Waals surface area contributed by atoms with Gasteiger partial charge >= 0.3 is 5.69 Å². The van der Waals surface area contributed by atoms with E-state index in [-0.39, 0.29) is 35.8 Å². The first-order valence-electron chi connectivity index (χ1n) is 15.5. The number of dihydropyridines is 1. The monoisotopic (exact) mass is 673 g/mol. The number of rotatable bonds is 11. The zero-order chi connectivity index (χ0) is 35.2. The number of allylic oxidation sites excluding steroid dienone is 3. The van der Waals surface area contributed by atoms with Crippen LogP contribution in [0.4, 0.5) is 10.1 Å². The Hall–Kier alpha value is -6.76. The van der Waals surface area contributed by atoms with E-state index < -0.39 is 23.0 Å². The number of aromatic nitrogens is 4. The molecule has 13 heteroatoms. The number of aryl methyl sites for hydroxylation is 2. The number of amides is 1. The number of hydrogen-bond donors (Lipinski definition) is 3. The molecule has 1 aliphatic rings. The number of ether oxygens (including phenoxy) is 2.